The van der Waals surface area contributed by atoms with Gasteiger partial charge in [0.05, 0.1) is 40.4 Å². The van der Waals surface area contributed by atoms with E-state index < -0.39 is 46.6 Å². The Labute approximate surface area is 224 Å². The molecule has 40 heavy (non-hydrogen) atoms. The predicted octanol–water partition coefficient (Wildman–Crippen LogP) is 6.66. The van der Waals surface area contributed by atoms with Gasteiger partial charge in [-0.05, 0) is 68.4 Å². The summed E-state index contributed by atoms with van der Waals surface area (Å²) >= 11 is 0. The fourth-order valence-corrected chi connectivity index (χ4v) is 4.17. The molecule has 210 valence electrons. The highest BCUT2D eigenvalue weighted by molar-refractivity contribution is 5.95. The molecular weight excluding hydrogens is 540 g/mol. The van der Waals surface area contributed by atoms with Gasteiger partial charge >= 0.3 is 12.4 Å². The Morgan fingerprint density at radius 2 is 1.52 bits per heavy atom. The number of fused-ring (bicyclic) bond motifs is 1. The summed E-state index contributed by atoms with van der Waals surface area (Å²) < 4.78 is 87.0. The average molecular weight is 563 g/mol. The summed E-state index contributed by atoms with van der Waals surface area (Å²) in [6.45, 7) is 3.69. The molecule has 1 amide bonds. The lowest BCUT2D eigenvalue weighted by atomic mass is 10.0. The number of hydrogen-bond donors (Lipinski definition) is 0. The number of carbonyl (C=O) groups excluding carboxylic acids is 1. The molecule has 0 aliphatic carbocycles. The molecule has 0 N–H and O–H groups in total. The summed E-state index contributed by atoms with van der Waals surface area (Å²) in [6.07, 6.45) is -10.2. The van der Waals surface area contributed by atoms with Gasteiger partial charge in [-0.1, -0.05) is 12.1 Å². The minimum atomic E-state index is -5.12. The first kappa shape index (κ1) is 28.7. The van der Waals surface area contributed by atoms with Crippen LogP contribution in [0.4, 0.5) is 26.3 Å². The Kier molecular flexibility index (Phi) is 7.64. The van der Waals surface area contributed by atoms with E-state index in [-0.39, 0.29) is 17.3 Å². The van der Waals surface area contributed by atoms with E-state index in [4.69, 9.17) is 4.74 Å². The third kappa shape index (κ3) is 5.65. The standard InChI is InChI=1S/C28H23F6N3O3/c1-4-40-21-11-9-20(10-12-21)37-24(35-23-8-6-5-7-22(23)26(37)39)16(2)36(3)25(38)17-13-18(27(29,30)31)15-19(14-17)28(32,33)34/h5-16H,4H2,1-3H3. The highest BCUT2D eigenvalue weighted by Crippen LogP contribution is 2.37. The zero-order valence-electron chi connectivity index (χ0n) is 21.5. The number of rotatable bonds is 6. The summed E-state index contributed by atoms with van der Waals surface area (Å²) in [5.74, 6) is -0.531. The van der Waals surface area contributed by atoms with Crippen LogP contribution in [-0.2, 0) is 12.4 Å². The van der Waals surface area contributed by atoms with Crippen LogP contribution in [0.3, 0.4) is 0 Å². The largest absolute Gasteiger partial charge is 0.494 e. The number of alkyl halides is 6. The Bertz CT molecular complexity index is 1580. The van der Waals surface area contributed by atoms with Gasteiger partial charge in [-0.3, -0.25) is 14.2 Å². The van der Waals surface area contributed by atoms with Gasteiger partial charge in [-0.25, -0.2) is 4.98 Å². The number of amides is 1. The normalized spacial score (nSPS) is 12.8. The molecule has 1 atom stereocenters. The molecule has 4 aromatic rings. The van der Waals surface area contributed by atoms with Gasteiger partial charge in [-0.15, -0.1) is 0 Å². The van der Waals surface area contributed by atoms with E-state index in [0.29, 0.717) is 35.7 Å². The summed E-state index contributed by atoms with van der Waals surface area (Å²) in [5.41, 5.74) is -3.84. The van der Waals surface area contributed by atoms with Crippen molar-refractivity contribution in [3.05, 3.63) is 99.6 Å². The van der Waals surface area contributed by atoms with E-state index >= 15 is 0 Å². The monoisotopic (exact) mass is 563 g/mol. The van der Waals surface area contributed by atoms with Crippen molar-refractivity contribution in [2.24, 2.45) is 0 Å². The van der Waals surface area contributed by atoms with E-state index in [1.165, 1.54) is 18.5 Å². The minimum Gasteiger partial charge on any atom is -0.494 e. The molecule has 0 spiro atoms. The molecule has 12 heteroatoms. The summed E-state index contributed by atoms with van der Waals surface area (Å²) in [4.78, 5) is 32.4. The lowest BCUT2D eigenvalue weighted by Crippen LogP contribution is -2.35. The Balaban J connectivity index is 1.84. The second-order valence-electron chi connectivity index (χ2n) is 8.94. The van der Waals surface area contributed by atoms with Gasteiger partial charge in [0.15, 0.2) is 0 Å². The first-order valence-electron chi connectivity index (χ1n) is 12.0. The highest BCUT2D eigenvalue weighted by Gasteiger charge is 2.38. The van der Waals surface area contributed by atoms with E-state index in [2.05, 4.69) is 4.98 Å². The van der Waals surface area contributed by atoms with Crippen LogP contribution in [0.25, 0.3) is 16.6 Å². The maximum Gasteiger partial charge on any atom is 0.416 e. The second-order valence-corrected chi connectivity index (χ2v) is 8.94. The van der Waals surface area contributed by atoms with Gasteiger partial charge in [0.1, 0.15) is 11.6 Å². The van der Waals surface area contributed by atoms with Gasteiger partial charge in [0, 0.05) is 12.6 Å². The quantitative estimate of drug-likeness (QED) is 0.246. The van der Waals surface area contributed by atoms with Crippen LogP contribution in [-0.4, -0.2) is 34.0 Å². The average Bonchev–Trinajstić information content (AvgIpc) is 2.91. The molecule has 0 fully saturated rings. The van der Waals surface area contributed by atoms with Crippen LogP contribution >= 0.6 is 0 Å². The summed E-state index contributed by atoms with van der Waals surface area (Å²) in [6, 6.07) is 12.6. The molecule has 1 heterocycles. The SMILES string of the molecule is CCOc1ccc(-n2c(C(C)N(C)C(=O)c3cc(C(F)(F)F)cc(C(F)(F)F)c3)nc3ccccc3c2=O)cc1. The Morgan fingerprint density at radius 3 is 2.08 bits per heavy atom. The molecule has 1 unspecified atom stereocenters. The van der Waals surface area contributed by atoms with Crippen LogP contribution in [0.2, 0.25) is 0 Å². The first-order valence-corrected chi connectivity index (χ1v) is 12.0. The molecule has 3 aromatic carbocycles. The van der Waals surface area contributed by atoms with Gasteiger partial charge in [-0.2, -0.15) is 26.3 Å². The lowest BCUT2D eigenvalue weighted by Gasteiger charge is -2.27. The third-order valence-electron chi connectivity index (χ3n) is 6.32. The Morgan fingerprint density at radius 1 is 0.950 bits per heavy atom. The number of halogens is 6. The van der Waals surface area contributed by atoms with E-state index in [0.717, 1.165) is 4.90 Å². The second kappa shape index (κ2) is 10.7. The topological polar surface area (TPSA) is 64.4 Å². The molecule has 1 aromatic heterocycles. The zero-order chi connectivity index (χ0) is 29.4. The van der Waals surface area contributed by atoms with Crippen LogP contribution in [0.5, 0.6) is 5.75 Å². The number of hydrogen-bond acceptors (Lipinski definition) is 4. The van der Waals surface area contributed by atoms with Crippen LogP contribution in [0.15, 0.2) is 71.5 Å². The Hall–Kier alpha value is -4.35. The molecule has 0 aliphatic rings. The molecular formula is C28H23F6N3O3. The van der Waals surface area contributed by atoms with Crippen molar-refractivity contribution in [1.82, 2.24) is 14.5 Å². The summed E-state index contributed by atoms with van der Waals surface area (Å²) in [7, 11) is 1.21. The van der Waals surface area contributed by atoms with Crippen molar-refractivity contribution in [2.75, 3.05) is 13.7 Å². The van der Waals surface area contributed by atoms with Gasteiger partial charge in [0.25, 0.3) is 11.5 Å². The van der Waals surface area contributed by atoms with Crippen LogP contribution in [0, 0.1) is 0 Å². The highest BCUT2D eigenvalue weighted by atomic mass is 19.4. The molecule has 4 rings (SSSR count). The smallest absolute Gasteiger partial charge is 0.416 e. The van der Waals surface area contributed by atoms with Crippen molar-refractivity contribution < 1.29 is 35.9 Å². The molecule has 0 bridgehead atoms. The molecule has 0 radical (unpaired) electrons. The molecule has 0 saturated carbocycles. The number of ether oxygens (including phenoxy) is 1. The predicted molar refractivity (Wildman–Crippen MR) is 135 cm³/mol. The van der Waals surface area contributed by atoms with E-state index in [1.54, 1.807) is 55.5 Å². The van der Waals surface area contributed by atoms with Crippen molar-refractivity contribution in [3.8, 4) is 11.4 Å². The summed E-state index contributed by atoms with van der Waals surface area (Å²) in [5, 5.41) is 0.272. The number of para-hydroxylation sites is 1. The van der Waals surface area contributed by atoms with Crippen LogP contribution in [0.1, 0.15) is 47.2 Å². The maximum atomic E-state index is 13.6. The van der Waals surface area contributed by atoms with Gasteiger partial charge in [0.2, 0.25) is 0 Å². The number of aromatic nitrogens is 2. The van der Waals surface area contributed by atoms with Crippen molar-refractivity contribution in [2.45, 2.75) is 32.2 Å². The van der Waals surface area contributed by atoms with Crippen molar-refractivity contribution in [1.29, 1.82) is 0 Å². The van der Waals surface area contributed by atoms with Gasteiger partial charge < -0.3 is 9.64 Å². The first-order chi connectivity index (χ1) is 18.7. The molecule has 6 nitrogen and oxygen atoms in total. The van der Waals surface area contributed by atoms with E-state index in [1.807, 2.05) is 0 Å². The fourth-order valence-electron chi connectivity index (χ4n) is 4.17. The van der Waals surface area contributed by atoms with Crippen molar-refractivity contribution >= 4 is 16.8 Å². The fraction of sp³-hybridized carbons (Fsp3) is 0.250. The molecule has 0 saturated heterocycles. The molecule has 0 aliphatic heterocycles. The van der Waals surface area contributed by atoms with Crippen LogP contribution < -0.4 is 10.3 Å². The lowest BCUT2D eigenvalue weighted by molar-refractivity contribution is -0.143. The van der Waals surface area contributed by atoms with E-state index in [9.17, 15) is 35.9 Å². The number of benzene rings is 3. The van der Waals surface area contributed by atoms with Crippen molar-refractivity contribution in [3.63, 3.8) is 0 Å². The zero-order valence-corrected chi connectivity index (χ0v) is 21.5. The number of nitrogens with zero attached hydrogens (tertiary/aromatic N) is 3. The number of carbonyl (C=O) groups is 1. The maximum absolute atomic E-state index is 13.6. The third-order valence-corrected chi connectivity index (χ3v) is 6.32. The minimum absolute atomic E-state index is 0.0469.